The molecule has 0 bridgehead atoms. The maximum Gasteiger partial charge on any atom is 0.335 e. The molecule has 0 saturated carbocycles. The molecule has 2 atom stereocenters. The van der Waals surface area contributed by atoms with Gasteiger partial charge in [-0.3, -0.25) is 4.79 Å². The monoisotopic (exact) mass is 356 g/mol. The number of carboxylic acid groups (broad SMARTS) is 1. The van der Waals surface area contributed by atoms with Crippen LogP contribution in [0.2, 0.25) is 0 Å². The van der Waals surface area contributed by atoms with Crippen LogP contribution in [0.25, 0.3) is 0 Å². The molecule has 0 aliphatic heterocycles. The maximum atomic E-state index is 12.1. The van der Waals surface area contributed by atoms with Crippen molar-refractivity contribution in [1.82, 2.24) is 0 Å². The van der Waals surface area contributed by atoms with E-state index in [9.17, 15) is 9.59 Å². The van der Waals surface area contributed by atoms with Crippen molar-refractivity contribution in [3.63, 3.8) is 0 Å². The second-order valence-electron chi connectivity index (χ2n) is 5.30. The molecule has 21 heavy (non-hydrogen) atoms. The van der Waals surface area contributed by atoms with Crippen LogP contribution in [0.5, 0.6) is 0 Å². The fourth-order valence-corrected chi connectivity index (χ4v) is 2.36. The molecule has 0 aliphatic rings. The van der Waals surface area contributed by atoms with Crippen molar-refractivity contribution in [2.75, 3.05) is 5.32 Å². The first-order valence-electron chi connectivity index (χ1n) is 6.90. The number of carbonyl (C=O) groups excluding carboxylic acids is 1. The van der Waals surface area contributed by atoms with Gasteiger partial charge in [0.05, 0.1) is 11.3 Å². The topological polar surface area (TPSA) is 92.4 Å². The fraction of sp³-hybridized carbons (Fsp3) is 0.467. The minimum absolute atomic E-state index is 0.0801. The molecule has 4 N–H and O–H groups in total. The van der Waals surface area contributed by atoms with Crippen molar-refractivity contribution in [3.05, 3.63) is 28.2 Å². The third kappa shape index (κ3) is 5.85. The highest BCUT2D eigenvalue weighted by molar-refractivity contribution is 9.10. The zero-order valence-corrected chi connectivity index (χ0v) is 13.8. The number of anilines is 1. The number of hydrogen-bond acceptors (Lipinski definition) is 3. The fourth-order valence-electron chi connectivity index (χ4n) is 1.88. The van der Waals surface area contributed by atoms with E-state index in [1.54, 1.807) is 6.07 Å². The van der Waals surface area contributed by atoms with Gasteiger partial charge in [-0.1, -0.05) is 13.3 Å². The summed E-state index contributed by atoms with van der Waals surface area (Å²) in [5.74, 6) is -1.20. The molecule has 116 valence electrons. The molecule has 1 aromatic rings. The van der Waals surface area contributed by atoms with Gasteiger partial charge >= 0.3 is 5.97 Å². The predicted molar refractivity (Wildman–Crippen MR) is 86.4 cm³/mol. The number of halogens is 1. The van der Waals surface area contributed by atoms with Crippen LogP contribution < -0.4 is 11.1 Å². The molecule has 1 amide bonds. The van der Waals surface area contributed by atoms with Crippen LogP contribution in [-0.2, 0) is 4.79 Å². The summed E-state index contributed by atoms with van der Waals surface area (Å²) in [4.78, 5) is 22.9. The van der Waals surface area contributed by atoms with E-state index in [4.69, 9.17) is 10.8 Å². The first-order chi connectivity index (χ1) is 9.81. The summed E-state index contributed by atoms with van der Waals surface area (Å²) in [7, 11) is 0. The Morgan fingerprint density at radius 1 is 1.33 bits per heavy atom. The quantitative estimate of drug-likeness (QED) is 0.699. The van der Waals surface area contributed by atoms with E-state index in [0.29, 0.717) is 10.2 Å². The lowest BCUT2D eigenvalue weighted by atomic mass is 10.0. The standard InChI is InChI=1S/C15H21BrN2O3/c1-9(4-3-5-10(2)17)14(19)18-13-7-6-11(15(20)21)8-12(13)16/h6-10H,3-5,17H2,1-2H3,(H,18,19)(H,20,21). The van der Waals surface area contributed by atoms with Crippen molar-refractivity contribution in [2.24, 2.45) is 11.7 Å². The van der Waals surface area contributed by atoms with Gasteiger partial charge in [0.15, 0.2) is 0 Å². The maximum absolute atomic E-state index is 12.1. The normalized spacial score (nSPS) is 13.5. The van der Waals surface area contributed by atoms with E-state index >= 15 is 0 Å². The number of nitrogens with one attached hydrogen (secondary N) is 1. The van der Waals surface area contributed by atoms with Crippen molar-refractivity contribution in [1.29, 1.82) is 0 Å². The Balaban J connectivity index is 2.60. The number of rotatable bonds is 7. The Morgan fingerprint density at radius 3 is 2.52 bits per heavy atom. The van der Waals surface area contributed by atoms with E-state index < -0.39 is 5.97 Å². The van der Waals surface area contributed by atoms with Crippen molar-refractivity contribution >= 4 is 33.5 Å². The van der Waals surface area contributed by atoms with Gasteiger partial charge in [-0.15, -0.1) is 0 Å². The molecule has 6 heteroatoms. The van der Waals surface area contributed by atoms with Crippen LogP contribution in [0.1, 0.15) is 43.5 Å². The Morgan fingerprint density at radius 2 is 2.00 bits per heavy atom. The summed E-state index contributed by atoms with van der Waals surface area (Å²) in [5.41, 5.74) is 6.43. The molecule has 2 unspecified atom stereocenters. The molecule has 0 aromatic heterocycles. The summed E-state index contributed by atoms with van der Waals surface area (Å²) in [6, 6.07) is 4.67. The molecule has 0 spiro atoms. The highest BCUT2D eigenvalue weighted by atomic mass is 79.9. The lowest BCUT2D eigenvalue weighted by Crippen LogP contribution is -2.21. The largest absolute Gasteiger partial charge is 0.478 e. The predicted octanol–water partition coefficient (Wildman–Crippen LogP) is 3.24. The van der Waals surface area contributed by atoms with Crippen LogP contribution in [0.3, 0.4) is 0 Å². The molecule has 1 rings (SSSR count). The lowest BCUT2D eigenvalue weighted by Gasteiger charge is -2.14. The van der Waals surface area contributed by atoms with Gasteiger partial charge in [-0.25, -0.2) is 4.79 Å². The molecule has 1 aromatic carbocycles. The average molecular weight is 357 g/mol. The van der Waals surface area contributed by atoms with Gasteiger partial charge in [0.1, 0.15) is 0 Å². The van der Waals surface area contributed by atoms with E-state index in [2.05, 4.69) is 21.2 Å². The summed E-state index contributed by atoms with van der Waals surface area (Å²) in [6.07, 6.45) is 2.58. The average Bonchev–Trinajstić information content (AvgIpc) is 2.40. The third-order valence-electron chi connectivity index (χ3n) is 3.22. The number of aromatic carboxylic acids is 1. The lowest BCUT2D eigenvalue weighted by molar-refractivity contribution is -0.119. The van der Waals surface area contributed by atoms with Crippen molar-refractivity contribution < 1.29 is 14.7 Å². The van der Waals surface area contributed by atoms with Crippen LogP contribution in [0.4, 0.5) is 5.69 Å². The first-order valence-corrected chi connectivity index (χ1v) is 7.70. The van der Waals surface area contributed by atoms with Crippen molar-refractivity contribution in [3.8, 4) is 0 Å². The van der Waals surface area contributed by atoms with Crippen LogP contribution in [0.15, 0.2) is 22.7 Å². The number of hydrogen-bond donors (Lipinski definition) is 3. The van der Waals surface area contributed by atoms with Crippen LogP contribution in [-0.4, -0.2) is 23.0 Å². The molecule has 0 heterocycles. The summed E-state index contributed by atoms with van der Waals surface area (Å²) >= 11 is 3.27. The van der Waals surface area contributed by atoms with Crippen LogP contribution in [0, 0.1) is 5.92 Å². The van der Waals surface area contributed by atoms with E-state index in [1.165, 1.54) is 12.1 Å². The number of benzene rings is 1. The molecular formula is C15H21BrN2O3. The Kier molecular flexibility index (Phi) is 6.84. The second kappa shape index (κ2) is 8.14. The Bertz CT molecular complexity index is 518. The van der Waals surface area contributed by atoms with Gasteiger partial charge < -0.3 is 16.2 Å². The highest BCUT2D eigenvalue weighted by Gasteiger charge is 2.15. The minimum Gasteiger partial charge on any atom is -0.478 e. The number of carbonyl (C=O) groups is 2. The van der Waals surface area contributed by atoms with E-state index in [0.717, 1.165) is 19.3 Å². The zero-order chi connectivity index (χ0) is 16.0. The van der Waals surface area contributed by atoms with Gasteiger partial charge in [0.25, 0.3) is 0 Å². The summed E-state index contributed by atoms with van der Waals surface area (Å²) < 4.78 is 0.554. The second-order valence-corrected chi connectivity index (χ2v) is 6.15. The zero-order valence-electron chi connectivity index (χ0n) is 12.2. The van der Waals surface area contributed by atoms with Gasteiger partial charge in [-0.05, 0) is 53.9 Å². The van der Waals surface area contributed by atoms with Crippen molar-refractivity contribution in [2.45, 2.75) is 39.2 Å². The first kappa shape index (κ1) is 17.7. The van der Waals surface area contributed by atoms with Crippen LogP contribution >= 0.6 is 15.9 Å². The number of amides is 1. The molecule has 0 saturated heterocycles. The van der Waals surface area contributed by atoms with Gasteiger partial charge in [0.2, 0.25) is 5.91 Å². The molecule has 0 fully saturated rings. The summed E-state index contributed by atoms with van der Waals surface area (Å²) in [5, 5.41) is 11.7. The SMILES string of the molecule is CC(N)CCCC(C)C(=O)Nc1ccc(C(=O)O)cc1Br. The van der Waals surface area contributed by atoms with E-state index in [-0.39, 0.29) is 23.4 Å². The molecule has 0 radical (unpaired) electrons. The molecule has 5 nitrogen and oxygen atoms in total. The molecular weight excluding hydrogens is 336 g/mol. The smallest absolute Gasteiger partial charge is 0.335 e. The van der Waals surface area contributed by atoms with Gasteiger partial charge in [0, 0.05) is 16.4 Å². The number of nitrogens with two attached hydrogens (primary N) is 1. The Hall–Kier alpha value is -1.40. The van der Waals surface area contributed by atoms with E-state index in [1.807, 2.05) is 13.8 Å². The Labute approximate surface area is 133 Å². The number of carboxylic acids is 1. The molecule has 0 aliphatic carbocycles. The van der Waals surface area contributed by atoms with Gasteiger partial charge in [-0.2, -0.15) is 0 Å². The minimum atomic E-state index is -1.00. The highest BCUT2D eigenvalue weighted by Crippen LogP contribution is 2.24. The summed E-state index contributed by atoms with van der Waals surface area (Å²) in [6.45, 7) is 3.82. The third-order valence-corrected chi connectivity index (χ3v) is 3.87.